The molecule has 0 aliphatic carbocycles. The molecule has 6 nitrogen and oxygen atoms in total. The number of nitrogens with zero attached hydrogens (tertiary/aromatic N) is 4. The van der Waals surface area contributed by atoms with Gasteiger partial charge in [0, 0.05) is 24.7 Å². The van der Waals surface area contributed by atoms with E-state index in [4.69, 9.17) is 0 Å². The van der Waals surface area contributed by atoms with Crippen LogP contribution in [0.2, 0.25) is 0 Å². The Balaban J connectivity index is 2.28. The first-order valence-electron chi connectivity index (χ1n) is 5.29. The third kappa shape index (κ3) is 1.51. The van der Waals surface area contributed by atoms with Gasteiger partial charge in [0.15, 0.2) is 0 Å². The quantitative estimate of drug-likeness (QED) is 0.509. The van der Waals surface area contributed by atoms with Crippen LogP contribution in [0.25, 0.3) is 16.9 Å². The highest BCUT2D eigenvalue weighted by Gasteiger charge is 2.14. The highest BCUT2D eigenvalue weighted by atomic mass is 16.6. The van der Waals surface area contributed by atoms with Crippen LogP contribution >= 0.6 is 0 Å². The summed E-state index contributed by atoms with van der Waals surface area (Å²) in [4.78, 5) is 18.8. The molecule has 0 fully saturated rings. The van der Waals surface area contributed by atoms with Gasteiger partial charge in [0.1, 0.15) is 0 Å². The van der Waals surface area contributed by atoms with E-state index in [0.29, 0.717) is 11.3 Å². The summed E-state index contributed by atoms with van der Waals surface area (Å²) in [5.74, 6) is 0.494. The van der Waals surface area contributed by atoms with Crippen molar-refractivity contribution in [3.05, 3.63) is 59.0 Å². The Kier molecular flexibility index (Phi) is 2.26. The summed E-state index contributed by atoms with van der Waals surface area (Å²) in [7, 11) is 0. The average molecular weight is 240 g/mol. The van der Waals surface area contributed by atoms with Gasteiger partial charge in [-0.3, -0.25) is 14.7 Å². The number of hydrogen-bond acceptors (Lipinski definition) is 4. The number of hydrogen-bond donors (Lipinski definition) is 0. The summed E-state index contributed by atoms with van der Waals surface area (Å²) in [5.41, 5.74) is 0.803. The highest BCUT2D eigenvalue weighted by molar-refractivity contribution is 5.89. The molecule has 0 bridgehead atoms. The summed E-state index contributed by atoms with van der Waals surface area (Å²) >= 11 is 0. The second-order valence-corrected chi connectivity index (χ2v) is 3.70. The fourth-order valence-corrected chi connectivity index (χ4v) is 1.90. The lowest BCUT2D eigenvalue weighted by atomic mass is 10.2. The Bertz CT molecular complexity index is 721. The van der Waals surface area contributed by atoms with E-state index >= 15 is 0 Å². The number of aromatic nitrogens is 3. The fourth-order valence-electron chi connectivity index (χ4n) is 1.90. The van der Waals surface area contributed by atoms with Gasteiger partial charge in [0.05, 0.1) is 15.8 Å². The molecule has 18 heavy (non-hydrogen) atoms. The lowest BCUT2D eigenvalue weighted by Crippen LogP contribution is -1.98. The van der Waals surface area contributed by atoms with Crippen LogP contribution in [0.1, 0.15) is 0 Å². The molecule has 0 saturated carbocycles. The summed E-state index contributed by atoms with van der Waals surface area (Å²) in [6, 6.07) is 8.36. The van der Waals surface area contributed by atoms with E-state index < -0.39 is 4.92 Å². The lowest BCUT2D eigenvalue weighted by Gasteiger charge is -2.02. The van der Waals surface area contributed by atoms with Crippen LogP contribution < -0.4 is 0 Å². The zero-order valence-corrected chi connectivity index (χ0v) is 9.22. The second-order valence-electron chi connectivity index (χ2n) is 3.70. The van der Waals surface area contributed by atoms with Gasteiger partial charge in [-0.1, -0.05) is 6.07 Å². The predicted octanol–water partition coefficient (Wildman–Crippen LogP) is 2.33. The Morgan fingerprint density at radius 3 is 2.61 bits per heavy atom. The van der Waals surface area contributed by atoms with Crippen LogP contribution in [-0.4, -0.2) is 19.5 Å². The Morgan fingerprint density at radius 2 is 1.89 bits per heavy atom. The van der Waals surface area contributed by atoms with Crippen LogP contribution in [0.15, 0.2) is 48.9 Å². The molecular formula is C12H8N4O2. The molecule has 0 radical (unpaired) electrons. The van der Waals surface area contributed by atoms with Crippen molar-refractivity contribution in [3.8, 4) is 5.95 Å². The topological polar surface area (TPSA) is 73.8 Å². The smallest absolute Gasteiger partial charge is 0.278 e. The maximum atomic E-state index is 10.9. The van der Waals surface area contributed by atoms with Crippen molar-refractivity contribution >= 4 is 16.6 Å². The van der Waals surface area contributed by atoms with Crippen LogP contribution in [0, 0.1) is 10.1 Å². The molecule has 0 unspecified atom stereocenters. The van der Waals surface area contributed by atoms with Crippen molar-refractivity contribution in [2.45, 2.75) is 0 Å². The predicted molar refractivity (Wildman–Crippen MR) is 65.5 cm³/mol. The fraction of sp³-hybridized carbons (Fsp3) is 0. The maximum Gasteiger partial charge on any atom is 0.278 e. The number of fused-ring (bicyclic) bond motifs is 1. The van der Waals surface area contributed by atoms with E-state index in [1.165, 1.54) is 6.07 Å². The van der Waals surface area contributed by atoms with Gasteiger partial charge in [0.25, 0.3) is 5.69 Å². The normalized spacial score (nSPS) is 10.7. The molecule has 0 spiro atoms. The second kappa shape index (κ2) is 3.92. The van der Waals surface area contributed by atoms with E-state index in [0.717, 1.165) is 5.52 Å². The van der Waals surface area contributed by atoms with Gasteiger partial charge >= 0.3 is 0 Å². The summed E-state index contributed by atoms with van der Waals surface area (Å²) in [6.45, 7) is 0. The zero-order chi connectivity index (χ0) is 12.5. The SMILES string of the molecule is O=[N+]([O-])c1cccc2c1ccn2-c1ncccn1. The lowest BCUT2D eigenvalue weighted by molar-refractivity contribution is -0.383. The largest absolute Gasteiger partial charge is 0.285 e. The summed E-state index contributed by atoms with van der Waals surface area (Å²) in [6.07, 6.45) is 4.99. The molecule has 88 valence electrons. The molecule has 2 aromatic heterocycles. The van der Waals surface area contributed by atoms with Gasteiger partial charge in [-0.25, -0.2) is 9.97 Å². The standard InChI is InChI=1S/C12H8N4O2/c17-16(18)11-4-1-3-10-9(11)5-8-15(10)12-13-6-2-7-14-12/h1-8H. The first-order valence-corrected chi connectivity index (χ1v) is 5.29. The molecule has 3 rings (SSSR count). The van der Waals surface area contributed by atoms with Gasteiger partial charge in [-0.05, 0) is 18.2 Å². The number of non-ortho nitro benzene ring substituents is 1. The zero-order valence-electron chi connectivity index (χ0n) is 9.22. The van der Waals surface area contributed by atoms with Crippen molar-refractivity contribution in [3.63, 3.8) is 0 Å². The van der Waals surface area contributed by atoms with E-state index in [1.807, 2.05) is 0 Å². The van der Waals surface area contributed by atoms with E-state index in [2.05, 4.69) is 9.97 Å². The summed E-state index contributed by atoms with van der Waals surface area (Å²) < 4.78 is 1.72. The number of nitro groups is 1. The third-order valence-electron chi connectivity index (χ3n) is 2.67. The molecule has 6 heteroatoms. The number of rotatable bonds is 2. The molecule has 0 aliphatic rings. The number of benzene rings is 1. The minimum atomic E-state index is -0.390. The molecule has 0 amide bonds. The number of nitro benzene ring substituents is 1. The van der Waals surface area contributed by atoms with Crippen molar-refractivity contribution in [2.24, 2.45) is 0 Å². The molecule has 0 saturated heterocycles. The molecule has 0 aliphatic heterocycles. The van der Waals surface area contributed by atoms with Crippen LogP contribution in [-0.2, 0) is 0 Å². The van der Waals surface area contributed by atoms with Crippen LogP contribution in [0.5, 0.6) is 0 Å². The molecular weight excluding hydrogens is 232 g/mol. The van der Waals surface area contributed by atoms with Crippen LogP contribution in [0.4, 0.5) is 5.69 Å². The summed E-state index contributed by atoms with van der Waals surface area (Å²) in [5, 5.41) is 11.5. The highest BCUT2D eigenvalue weighted by Crippen LogP contribution is 2.27. The van der Waals surface area contributed by atoms with Crippen molar-refractivity contribution < 1.29 is 4.92 Å². The molecule has 0 N–H and O–H groups in total. The van der Waals surface area contributed by atoms with E-state index in [-0.39, 0.29) is 5.69 Å². The maximum absolute atomic E-state index is 10.9. The van der Waals surface area contributed by atoms with Crippen molar-refractivity contribution in [1.29, 1.82) is 0 Å². The first kappa shape index (κ1) is 10.4. The molecule has 3 aromatic rings. The van der Waals surface area contributed by atoms with Gasteiger partial charge in [0.2, 0.25) is 5.95 Å². The van der Waals surface area contributed by atoms with Gasteiger partial charge in [-0.2, -0.15) is 0 Å². The Morgan fingerprint density at radius 1 is 1.11 bits per heavy atom. The van der Waals surface area contributed by atoms with E-state index in [1.54, 1.807) is 47.4 Å². The molecule has 0 atom stereocenters. The Labute approximate surface area is 102 Å². The first-order chi connectivity index (χ1) is 8.77. The van der Waals surface area contributed by atoms with Gasteiger partial charge in [-0.15, -0.1) is 0 Å². The van der Waals surface area contributed by atoms with Crippen LogP contribution in [0.3, 0.4) is 0 Å². The van der Waals surface area contributed by atoms with E-state index in [9.17, 15) is 10.1 Å². The monoisotopic (exact) mass is 240 g/mol. The van der Waals surface area contributed by atoms with Crippen molar-refractivity contribution in [2.75, 3.05) is 0 Å². The minimum Gasteiger partial charge on any atom is -0.285 e. The minimum absolute atomic E-state index is 0.0854. The van der Waals surface area contributed by atoms with Gasteiger partial charge < -0.3 is 0 Å². The van der Waals surface area contributed by atoms with Crippen molar-refractivity contribution in [1.82, 2.24) is 14.5 Å². The average Bonchev–Trinajstić information content (AvgIpc) is 2.83. The molecule has 2 heterocycles. The Hall–Kier alpha value is -2.76. The molecule has 1 aromatic carbocycles. The third-order valence-corrected chi connectivity index (χ3v) is 2.67.